The van der Waals surface area contributed by atoms with Crippen molar-refractivity contribution in [1.29, 1.82) is 5.26 Å². The molecule has 2 aromatic rings. The van der Waals surface area contributed by atoms with E-state index in [9.17, 15) is 13.9 Å². The second kappa shape index (κ2) is 5.66. The van der Waals surface area contributed by atoms with Crippen LogP contribution in [0.15, 0.2) is 30.6 Å². The number of aliphatic hydroxyl groups is 1. The number of nitriles is 1. The zero-order valence-corrected chi connectivity index (χ0v) is 11.4. The van der Waals surface area contributed by atoms with Crippen LogP contribution in [0.3, 0.4) is 0 Å². The highest BCUT2D eigenvalue weighted by Gasteiger charge is 2.34. The molecule has 1 aromatic carbocycles. The van der Waals surface area contributed by atoms with E-state index in [1.807, 2.05) is 6.07 Å². The predicted molar refractivity (Wildman–Crippen MR) is 73.8 cm³/mol. The summed E-state index contributed by atoms with van der Waals surface area (Å²) in [5.74, 6) is -0.667. The minimum Gasteiger partial charge on any atom is -0.391 e. The lowest BCUT2D eigenvalue weighted by Gasteiger charge is -2.25. The van der Waals surface area contributed by atoms with E-state index < -0.39 is 23.8 Å². The van der Waals surface area contributed by atoms with Crippen molar-refractivity contribution in [2.24, 2.45) is 0 Å². The highest BCUT2D eigenvalue weighted by Crippen LogP contribution is 2.36. The molecule has 1 fully saturated rings. The van der Waals surface area contributed by atoms with Gasteiger partial charge in [0.15, 0.2) is 5.69 Å². The monoisotopic (exact) mass is 302 g/mol. The number of aliphatic hydroxyl groups excluding tert-OH is 1. The molecule has 1 N–H and O–H groups in total. The molecule has 0 amide bonds. The molecule has 0 bridgehead atoms. The normalized spacial score (nSPS) is 20.9. The van der Waals surface area contributed by atoms with Gasteiger partial charge in [0.25, 0.3) is 0 Å². The Balaban J connectivity index is 1.98. The zero-order valence-electron chi connectivity index (χ0n) is 11.4. The van der Waals surface area contributed by atoms with E-state index in [0.29, 0.717) is 5.82 Å². The lowest BCUT2D eigenvalue weighted by Crippen LogP contribution is -2.26. The fourth-order valence-electron chi connectivity index (χ4n) is 2.66. The maximum atomic E-state index is 14.0. The first kappa shape index (κ1) is 14.4. The summed E-state index contributed by atoms with van der Waals surface area (Å²) in [6, 6.07) is 4.57. The largest absolute Gasteiger partial charge is 0.391 e. The molecular weight excluding hydrogens is 290 g/mol. The maximum Gasteiger partial charge on any atom is 0.158 e. The van der Waals surface area contributed by atoms with Crippen molar-refractivity contribution in [3.8, 4) is 6.07 Å². The number of rotatable bonds is 2. The predicted octanol–water partition coefficient (Wildman–Crippen LogP) is 1.94. The van der Waals surface area contributed by atoms with Crippen LogP contribution in [0.5, 0.6) is 0 Å². The van der Waals surface area contributed by atoms with E-state index >= 15 is 0 Å². The van der Waals surface area contributed by atoms with Crippen molar-refractivity contribution in [1.82, 2.24) is 9.97 Å². The molecule has 112 valence electrons. The standard InChI is InChI=1S/C15H12F2N4O/c16-9-1-2-13(17)12(3-9)14-4-11(22)8-21(14)15-7-19-10(5-18)6-20-15/h1-3,6-7,11,14,22H,4,8H2. The number of hydrogen-bond acceptors (Lipinski definition) is 5. The summed E-state index contributed by atoms with van der Waals surface area (Å²) < 4.78 is 27.4. The van der Waals surface area contributed by atoms with E-state index in [4.69, 9.17) is 5.26 Å². The van der Waals surface area contributed by atoms with Crippen LogP contribution in [0, 0.1) is 23.0 Å². The summed E-state index contributed by atoms with van der Waals surface area (Å²) in [7, 11) is 0. The van der Waals surface area contributed by atoms with Crippen molar-refractivity contribution >= 4 is 5.82 Å². The number of nitrogens with zero attached hydrogens (tertiary/aromatic N) is 4. The van der Waals surface area contributed by atoms with Crippen molar-refractivity contribution in [3.63, 3.8) is 0 Å². The van der Waals surface area contributed by atoms with E-state index in [0.717, 1.165) is 18.2 Å². The average Bonchev–Trinajstić information content (AvgIpc) is 2.91. The van der Waals surface area contributed by atoms with Crippen molar-refractivity contribution in [3.05, 3.63) is 53.5 Å². The molecule has 5 nitrogen and oxygen atoms in total. The van der Waals surface area contributed by atoms with Gasteiger partial charge in [-0.15, -0.1) is 0 Å². The van der Waals surface area contributed by atoms with Crippen LogP contribution in [0.1, 0.15) is 23.7 Å². The molecule has 3 rings (SSSR count). The highest BCUT2D eigenvalue weighted by atomic mass is 19.1. The van der Waals surface area contributed by atoms with Gasteiger partial charge in [0, 0.05) is 12.1 Å². The summed E-state index contributed by atoms with van der Waals surface area (Å²) in [5, 5.41) is 18.6. The maximum absolute atomic E-state index is 14.0. The van der Waals surface area contributed by atoms with Crippen LogP contribution in [-0.4, -0.2) is 27.7 Å². The first-order valence-corrected chi connectivity index (χ1v) is 6.70. The number of β-amino-alcohol motifs (C(OH)–C–C–N with tert-alkyl or cyclic N) is 1. The Bertz CT molecular complexity index is 729. The fraction of sp³-hybridized carbons (Fsp3) is 0.267. The summed E-state index contributed by atoms with van der Waals surface area (Å²) in [4.78, 5) is 9.69. The minimum atomic E-state index is -0.676. The van der Waals surface area contributed by atoms with E-state index in [1.165, 1.54) is 12.4 Å². The topological polar surface area (TPSA) is 73.0 Å². The van der Waals surface area contributed by atoms with Gasteiger partial charge in [-0.05, 0) is 24.6 Å². The number of benzene rings is 1. The summed E-state index contributed by atoms with van der Waals surface area (Å²) in [6.07, 6.45) is 2.28. The number of anilines is 1. The van der Waals surface area contributed by atoms with Crippen LogP contribution < -0.4 is 4.90 Å². The minimum absolute atomic E-state index is 0.164. The van der Waals surface area contributed by atoms with Crippen LogP contribution in [0.2, 0.25) is 0 Å². The van der Waals surface area contributed by atoms with Crippen LogP contribution in [-0.2, 0) is 0 Å². The van der Waals surface area contributed by atoms with Crippen LogP contribution in [0.25, 0.3) is 0 Å². The summed E-state index contributed by atoms with van der Waals surface area (Å²) in [6.45, 7) is 0.237. The van der Waals surface area contributed by atoms with Crippen molar-refractivity contribution in [2.45, 2.75) is 18.6 Å². The van der Waals surface area contributed by atoms with Crippen molar-refractivity contribution < 1.29 is 13.9 Å². The molecule has 1 saturated heterocycles. The molecule has 1 aromatic heterocycles. The molecule has 2 heterocycles. The molecule has 2 atom stereocenters. The van der Waals surface area contributed by atoms with E-state index in [-0.39, 0.29) is 24.2 Å². The molecule has 0 saturated carbocycles. The Labute approximate surface area is 125 Å². The Kier molecular flexibility index (Phi) is 3.69. The quantitative estimate of drug-likeness (QED) is 0.917. The Morgan fingerprint density at radius 2 is 2.09 bits per heavy atom. The van der Waals surface area contributed by atoms with Gasteiger partial charge < -0.3 is 10.0 Å². The van der Waals surface area contributed by atoms with Gasteiger partial charge in [0.2, 0.25) is 0 Å². The first-order valence-electron chi connectivity index (χ1n) is 6.70. The molecule has 0 aliphatic carbocycles. The molecule has 1 aliphatic rings. The molecule has 22 heavy (non-hydrogen) atoms. The fourth-order valence-corrected chi connectivity index (χ4v) is 2.66. The molecule has 0 spiro atoms. The second-order valence-corrected chi connectivity index (χ2v) is 5.10. The Morgan fingerprint density at radius 3 is 2.77 bits per heavy atom. The summed E-state index contributed by atoms with van der Waals surface area (Å²) in [5.41, 5.74) is 0.333. The Morgan fingerprint density at radius 1 is 1.27 bits per heavy atom. The third-order valence-corrected chi connectivity index (χ3v) is 3.64. The SMILES string of the molecule is N#Cc1cnc(N2CC(O)CC2c2cc(F)ccc2F)cn1. The molecule has 2 unspecified atom stereocenters. The first-order chi connectivity index (χ1) is 10.6. The number of aromatic nitrogens is 2. The van der Waals surface area contributed by atoms with Gasteiger partial charge in [-0.3, -0.25) is 0 Å². The van der Waals surface area contributed by atoms with Crippen molar-refractivity contribution in [2.75, 3.05) is 11.4 Å². The van der Waals surface area contributed by atoms with Gasteiger partial charge in [-0.1, -0.05) is 0 Å². The van der Waals surface area contributed by atoms with Gasteiger partial charge >= 0.3 is 0 Å². The number of halogens is 2. The second-order valence-electron chi connectivity index (χ2n) is 5.10. The van der Waals surface area contributed by atoms with E-state index in [1.54, 1.807) is 4.90 Å². The smallest absolute Gasteiger partial charge is 0.158 e. The summed E-state index contributed by atoms with van der Waals surface area (Å²) >= 11 is 0. The highest BCUT2D eigenvalue weighted by molar-refractivity contribution is 5.44. The third-order valence-electron chi connectivity index (χ3n) is 3.64. The third kappa shape index (κ3) is 2.61. The van der Waals surface area contributed by atoms with E-state index in [2.05, 4.69) is 9.97 Å². The molecule has 7 heteroatoms. The van der Waals surface area contributed by atoms with Gasteiger partial charge in [0.1, 0.15) is 23.5 Å². The zero-order chi connectivity index (χ0) is 15.7. The van der Waals surface area contributed by atoms with Gasteiger partial charge in [-0.2, -0.15) is 5.26 Å². The lowest BCUT2D eigenvalue weighted by molar-refractivity contribution is 0.194. The van der Waals surface area contributed by atoms with Gasteiger partial charge in [0.05, 0.1) is 24.5 Å². The molecular formula is C15H12F2N4O. The van der Waals surface area contributed by atoms with Crippen LogP contribution >= 0.6 is 0 Å². The van der Waals surface area contributed by atoms with Gasteiger partial charge in [-0.25, -0.2) is 18.7 Å². The average molecular weight is 302 g/mol. The Hall–Kier alpha value is -2.59. The van der Waals surface area contributed by atoms with Crippen LogP contribution in [0.4, 0.5) is 14.6 Å². The molecule has 1 aliphatic heterocycles. The molecule has 0 radical (unpaired) electrons. The number of hydrogen-bond donors (Lipinski definition) is 1. The lowest BCUT2D eigenvalue weighted by atomic mass is 10.0.